The topological polar surface area (TPSA) is 92.8 Å². The van der Waals surface area contributed by atoms with E-state index in [0.29, 0.717) is 5.02 Å². The maximum atomic E-state index is 12.8. The van der Waals surface area contributed by atoms with E-state index >= 15 is 0 Å². The number of imide groups is 1. The number of hydrogen-bond acceptors (Lipinski definition) is 5. The van der Waals surface area contributed by atoms with Crippen LogP contribution in [0.25, 0.3) is 0 Å². The van der Waals surface area contributed by atoms with Crippen LogP contribution in [-0.2, 0) is 9.53 Å². The molecule has 9 heteroatoms. The fourth-order valence-electron chi connectivity index (χ4n) is 2.86. The lowest BCUT2D eigenvalue weighted by Gasteiger charge is -2.14. The quantitative estimate of drug-likeness (QED) is 0.534. The predicted octanol–water partition coefficient (Wildman–Crippen LogP) is 3.87. The fourth-order valence-corrected chi connectivity index (χ4v) is 3.15. The minimum absolute atomic E-state index is 0.0350. The number of nitrogens with zero attached hydrogens (tertiary/aromatic N) is 1. The molecule has 1 aliphatic heterocycles. The van der Waals surface area contributed by atoms with Gasteiger partial charge < -0.3 is 10.1 Å². The van der Waals surface area contributed by atoms with E-state index in [2.05, 4.69) is 5.32 Å². The van der Waals surface area contributed by atoms with Crippen LogP contribution < -0.4 is 10.2 Å². The number of carbonyl (C=O) groups is 4. The Kier molecular flexibility index (Phi) is 6.43. The molecule has 0 radical (unpaired) electrons. The third kappa shape index (κ3) is 4.32. The van der Waals surface area contributed by atoms with Crippen LogP contribution in [0, 0.1) is 0 Å². The molecule has 1 atom stereocenters. The number of rotatable bonds is 6. The molecular formula is C21H18Cl2N2O5. The highest BCUT2D eigenvalue weighted by Crippen LogP contribution is 2.33. The van der Waals surface area contributed by atoms with E-state index < -0.39 is 30.3 Å². The highest BCUT2D eigenvalue weighted by atomic mass is 35.5. The molecule has 0 saturated carbocycles. The van der Waals surface area contributed by atoms with Gasteiger partial charge in [0.25, 0.3) is 17.7 Å². The number of fused-ring (bicyclic) bond motifs is 1. The van der Waals surface area contributed by atoms with Gasteiger partial charge in [0.2, 0.25) is 0 Å². The summed E-state index contributed by atoms with van der Waals surface area (Å²) in [7, 11) is 0. The Bertz CT molecular complexity index is 1050. The van der Waals surface area contributed by atoms with Gasteiger partial charge in [-0.25, -0.2) is 9.69 Å². The second-order valence-electron chi connectivity index (χ2n) is 6.76. The van der Waals surface area contributed by atoms with Crippen molar-refractivity contribution in [3.8, 4) is 0 Å². The molecule has 2 aromatic carbocycles. The molecule has 1 N–H and O–H groups in total. The smallest absolute Gasteiger partial charge is 0.338 e. The van der Waals surface area contributed by atoms with E-state index in [-0.39, 0.29) is 33.4 Å². The largest absolute Gasteiger partial charge is 0.452 e. The fraction of sp³-hybridized carbons (Fsp3) is 0.238. The molecule has 3 rings (SSSR count). The van der Waals surface area contributed by atoms with Crippen molar-refractivity contribution in [2.75, 3.05) is 11.5 Å². The number of nitrogens with one attached hydrogen (secondary N) is 1. The van der Waals surface area contributed by atoms with E-state index in [1.807, 2.05) is 13.8 Å². The lowest BCUT2D eigenvalue weighted by molar-refractivity contribution is -0.124. The van der Waals surface area contributed by atoms with Gasteiger partial charge in [0, 0.05) is 6.04 Å². The van der Waals surface area contributed by atoms with Gasteiger partial charge in [-0.1, -0.05) is 30.1 Å². The molecule has 0 saturated heterocycles. The van der Waals surface area contributed by atoms with Gasteiger partial charge in [-0.15, -0.1) is 0 Å². The van der Waals surface area contributed by atoms with Crippen LogP contribution >= 0.6 is 23.2 Å². The summed E-state index contributed by atoms with van der Waals surface area (Å²) in [6.45, 7) is 3.31. The molecule has 2 aromatic rings. The van der Waals surface area contributed by atoms with Crippen molar-refractivity contribution >= 4 is 52.6 Å². The normalized spacial score (nSPS) is 13.8. The average molecular weight is 449 g/mol. The van der Waals surface area contributed by atoms with Crippen LogP contribution in [-0.4, -0.2) is 36.3 Å². The minimum atomic E-state index is -0.773. The Hall–Kier alpha value is -2.90. The summed E-state index contributed by atoms with van der Waals surface area (Å²) >= 11 is 11.9. The molecule has 30 heavy (non-hydrogen) atoms. The van der Waals surface area contributed by atoms with Crippen molar-refractivity contribution in [1.29, 1.82) is 0 Å². The molecule has 0 fully saturated rings. The number of ether oxygens (including phenoxy) is 1. The zero-order chi connectivity index (χ0) is 22.0. The second-order valence-corrected chi connectivity index (χ2v) is 7.57. The first kappa shape index (κ1) is 21.8. The Morgan fingerprint density at radius 3 is 2.40 bits per heavy atom. The van der Waals surface area contributed by atoms with E-state index in [0.717, 1.165) is 11.3 Å². The number of anilines is 1. The highest BCUT2D eigenvalue weighted by molar-refractivity contribution is 6.42. The van der Waals surface area contributed by atoms with Crippen LogP contribution in [0.4, 0.5) is 5.69 Å². The van der Waals surface area contributed by atoms with Gasteiger partial charge in [-0.3, -0.25) is 14.4 Å². The minimum Gasteiger partial charge on any atom is -0.452 e. The van der Waals surface area contributed by atoms with Crippen molar-refractivity contribution < 1.29 is 23.9 Å². The number of amides is 3. The number of esters is 1. The number of halogens is 2. The number of hydrogen-bond donors (Lipinski definition) is 1. The molecule has 0 aromatic heterocycles. The number of carbonyl (C=O) groups excluding carboxylic acids is 4. The van der Waals surface area contributed by atoms with Crippen molar-refractivity contribution in [3.63, 3.8) is 0 Å². The van der Waals surface area contributed by atoms with Crippen LogP contribution in [0.1, 0.15) is 51.3 Å². The van der Waals surface area contributed by atoms with Gasteiger partial charge in [0.1, 0.15) is 0 Å². The second kappa shape index (κ2) is 8.85. The molecule has 0 unspecified atom stereocenters. The van der Waals surface area contributed by atoms with Crippen molar-refractivity contribution in [3.05, 3.63) is 63.1 Å². The molecule has 7 nitrogen and oxygen atoms in total. The zero-order valence-electron chi connectivity index (χ0n) is 16.2. The summed E-state index contributed by atoms with van der Waals surface area (Å²) in [4.78, 5) is 50.5. The van der Waals surface area contributed by atoms with Gasteiger partial charge in [-0.2, -0.15) is 0 Å². The van der Waals surface area contributed by atoms with Crippen molar-refractivity contribution in [1.82, 2.24) is 5.32 Å². The Balaban J connectivity index is 1.77. The van der Waals surface area contributed by atoms with Crippen molar-refractivity contribution in [2.45, 2.75) is 26.3 Å². The third-order valence-electron chi connectivity index (χ3n) is 4.64. The molecule has 0 spiro atoms. The third-order valence-corrected chi connectivity index (χ3v) is 5.38. The maximum absolute atomic E-state index is 12.8. The van der Waals surface area contributed by atoms with Gasteiger partial charge in [0.05, 0.1) is 32.4 Å². The van der Waals surface area contributed by atoms with Crippen LogP contribution in [0.3, 0.4) is 0 Å². The van der Waals surface area contributed by atoms with Crippen LogP contribution in [0.15, 0.2) is 36.4 Å². The van der Waals surface area contributed by atoms with Crippen molar-refractivity contribution in [2.24, 2.45) is 0 Å². The lowest BCUT2D eigenvalue weighted by Crippen LogP contribution is -2.35. The summed E-state index contributed by atoms with van der Waals surface area (Å²) < 4.78 is 5.00. The summed E-state index contributed by atoms with van der Waals surface area (Å²) in [5.41, 5.74) is 0.533. The molecule has 156 valence electrons. The van der Waals surface area contributed by atoms with E-state index in [4.69, 9.17) is 27.9 Å². The molecule has 3 amide bonds. The SMILES string of the molecule is CC[C@H](C)NC(=O)COC(=O)c1ccc2c(c1)C(=O)N(c1ccc(Cl)c(Cl)c1)C2=O. The zero-order valence-corrected chi connectivity index (χ0v) is 17.7. The first-order valence-corrected chi connectivity index (χ1v) is 9.93. The molecule has 1 aliphatic rings. The molecule has 1 heterocycles. The summed E-state index contributed by atoms with van der Waals surface area (Å²) in [6, 6.07) is 8.39. The highest BCUT2D eigenvalue weighted by Gasteiger charge is 2.37. The summed E-state index contributed by atoms with van der Waals surface area (Å²) in [5.74, 6) is -2.33. The maximum Gasteiger partial charge on any atom is 0.338 e. The van der Waals surface area contributed by atoms with Crippen LogP contribution in [0.5, 0.6) is 0 Å². The van der Waals surface area contributed by atoms with E-state index in [9.17, 15) is 19.2 Å². The van der Waals surface area contributed by atoms with Gasteiger partial charge in [-0.05, 0) is 49.7 Å². The predicted molar refractivity (Wildman–Crippen MR) is 112 cm³/mol. The standard InChI is InChI=1S/C21H18Cl2N2O5/c1-3-11(2)24-18(26)10-30-21(29)12-4-6-14-15(8-12)20(28)25(19(14)27)13-5-7-16(22)17(23)9-13/h4-9,11H,3,10H2,1-2H3,(H,24,26)/t11-/m0/s1. The Morgan fingerprint density at radius 1 is 1.03 bits per heavy atom. The molecule has 0 bridgehead atoms. The Labute approximate surface area is 182 Å². The monoisotopic (exact) mass is 448 g/mol. The first-order chi connectivity index (χ1) is 14.2. The molecule has 0 aliphatic carbocycles. The lowest BCUT2D eigenvalue weighted by atomic mass is 10.1. The Morgan fingerprint density at radius 2 is 1.73 bits per heavy atom. The summed E-state index contributed by atoms with van der Waals surface area (Å²) in [5, 5.41) is 3.17. The van der Waals surface area contributed by atoms with E-state index in [1.54, 1.807) is 0 Å². The molecular weight excluding hydrogens is 431 g/mol. The summed E-state index contributed by atoms with van der Waals surface area (Å²) in [6.07, 6.45) is 0.746. The first-order valence-electron chi connectivity index (χ1n) is 9.17. The van der Waals surface area contributed by atoms with Gasteiger partial charge in [0.15, 0.2) is 6.61 Å². The average Bonchev–Trinajstić information content (AvgIpc) is 2.98. The number of benzene rings is 2. The van der Waals surface area contributed by atoms with E-state index in [1.165, 1.54) is 36.4 Å². The van der Waals surface area contributed by atoms with Gasteiger partial charge >= 0.3 is 5.97 Å². The van der Waals surface area contributed by atoms with Crippen LogP contribution in [0.2, 0.25) is 10.0 Å².